The maximum absolute atomic E-state index is 13.0. The van der Waals surface area contributed by atoms with E-state index in [4.69, 9.17) is 9.72 Å². The zero-order valence-corrected chi connectivity index (χ0v) is 18.9. The monoisotopic (exact) mass is 444 g/mol. The van der Waals surface area contributed by atoms with Gasteiger partial charge in [-0.1, -0.05) is 18.9 Å². The molecule has 0 atom stereocenters. The minimum Gasteiger partial charge on any atom is -0.383 e. The number of hydrogen-bond donors (Lipinski definition) is 1. The van der Waals surface area contributed by atoms with Crippen LogP contribution in [0.1, 0.15) is 48.4 Å². The molecule has 1 fully saturated rings. The highest BCUT2D eigenvalue weighted by molar-refractivity contribution is 5.77. The second-order valence-electron chi connectivity index (χ2n) is 8.88. The number of pyridine rings is 1. The Morgan fingerprint density at radius 3 is 2.88 bits per heavy atom. The zero-order valence-electron chi connectivity index (χ0n) is 18.9. The lowest BCUT2D eigenvalue weighted by Crippen LogP contribution is -2.33. The van der Waals surface area contributed by atoms with Gasteiger partial charge in [0.15, 0.2) is 0 Å². The van der Waals surface area contributed by atoms with Crippen LogP contribution in [-0.2, 0) is 17.7 Å². The van der Waals surface area contributed by atoms with Crippen molar-refractivity contribution in [2.24, 2.45) is 0 Å². The number of fused-ring (bicyclic) bond motifs is 2. The van der Waals surface area contributed by atoms with Crippen LogP contribution in [-0.4, -0.2) is 46.2 Å². The Hall–Kier alpha value is -3.28. The molecule has 0 radical (unpaired) electrons. The predicted molar refractivity (Wildman–Crippen MR) is 127 cm³/mol. The number of hydrogen-bond acceptors (Lipinski definition) is 7. The number of benzene rings is 1. The van der Waals surface area contributed by atoms with Gasteiger partial charge < -0.3 is 10.1 Å². The largest absolute Gasteiger partial charge is 0.383 e. The number of anilines is 2. The Kier molecular flexibility index (Phi) is 6.07. The highest BCUT2D eigenvalue weighted by Crippen LogP contribution is 2.31. The summed E-state index contributed by atoms with van der Waals surface area (Å²) in [6.45, 7) is 3.63. The van der Waals surface area contributed by atoms with Crippen molar-refractivity contribution in [1.82, 2.24) is 19.4 Å². The number of rotatable bonds is 6. The first-order valence-corrected chi connectivity index (χ1v) is 11.6. The van der Waals surface area contributed by atoms with Crippen LogP contribution in [0.2, 0.25) is 0 Å². The molecule has 0 spiro atoms. The van der Waals surface area contributed by atoms with Crippen LogP contribution in [0.15, 0.2) is 35.3 Å². The van der Waals surface area contributed by atoms with Gasteiger partial charge >= 0.3 is 0 Å². The van der Waals surface area contributed by atoms with E-state index in [1.165, 1.54) is 11.1 Å². The smallest absolute Gasteiger partial charge is 0.270 e. The van der Waals surface area contributed by atoms with Crippen LogP contribution in [0.25, 0.3) is 11.0 Å². The van der Waals surface area contributed by atoms with Gasteiger partial charge in [0.1, 0.15) is 17.3 Å². The number of nitriles is 1. The lowest BCUT2D eigenvalue weighted by atomic mass is 9.99. The first-order chi connectivity index (χ1) is 16.2. The summed E-state index contributed by atoms with van der Waals surface area (Å²) in [5.74, 6) is 0.454. The van der Waals surface area contributed by atoms with Crippen LogP contribution < -0.4 is 10.9 Å². The molecular formula is C25H28N6O2. The molecule has 8 heteroatoms. The molecule has 1 aliphatic carbocycles. The van der Waals surface area contributed by atoms with Gasteiger partial charge in [-0.05, 0) is 48.6 Å². The summed E-state index contributed by atoms with van der Waals surface area (Å²) < 4.78 is 6.92. The second kappa shape index (κ2) is 9.30. The summed E-state index contributed by atoms with van der Waals surface area (Å²) in [5, 5.41) is 13.5. The van der Waals surface area contributed by atoms with Crippen LogP contribution >= 0.6 is 0 Å². The van der Waals surface area contributed by atoms with Crippen molar-refractivity contribution < 1.29 is 4.74 Å². The molecule has 8 nitrogen and oxygen atoms in total. The highest BCUT2D eigenvalue weighted by Gasteiger charge is 2.23. The van der Waals surface area contributed by atoms with E-state index in [-0.39, 0.29) is 17.2 Å². The fourth-order valence-corrected chi connectivity index (χ4v) is 4.99. The fourth-order valence-electron chi connectivity index (χ4n) is 4.99. The zero-order chi connectivity index (χ0) is 22.8. The molecule has 3 heterocycles. The molecule has 0 bridgehead atoms. The van der Waals surface area contributed by atoms with Crippen molar-refractivity contribution in [3.05, 3.63) is 57.5 Å². The Morgan fingerprint density at radius 2 is 2.09 bits per heavy atom. The van der Waals surface area contributed by atoms with Crippen molar-refractivity contribution in [3.63, 3.8) is 0 Å². The van der Waals surface area contributed by atoms with E-state index >= 15 is 0 Å². The van der Waals surface area contributed by atoms with Crippen molar-refractivity contribution in [3.8, 4) is 6.07 Å². The fraction of sp³-hybridized carbons (Fsp3) is 0.440. The van der Waals surface area contributed by atoms with Gasteiger partial charge in [-0.25, -0.2) is 4.98 Å². The van der Waals surface area contributed by atoms with E-state index in [0.29, 0.717) is 17.0 Å². The Balaban J connectivity index is 1.44. The van der Waals surface area contributed by atoms with E-state index in [2.05, 4.69) is 33.4 Å². The molecule has 1 N–H and O–H groups in total. The second-order valence-corrected chi connectivity index (χ2v) is 8.88. The van der Waals surface area contributed by atoms with Crippen molar-refractivity contribution in [2.45, 2.75) is 44.7 Å². The third-order valence-electron chi connectivity index (χ3n) is 6.75. The number of nitrogens with one attached hydrogen (secondary N) is 1. The van der Waals surface area contributed by atoms with E-state index < -0.39 is 0 Å². The Bertz CT molecular complexity index is 1270. The quantitative estimate of drug-likeness (QED) is 0.621. The molecule has 33 heavy (non-hydrogen) atoms. The molecule has 2 aliphatic rings. The third-order valence-corrected chi connectivity index (χ3v) is 6.75. The maximum atomic E-state index is 13.0. The summed E-state index contributed by atoms with van der Waals surface area (Å²) >= 11 is 0. The maximum Gasteiger partial charge on any atom is 0.270 e. The molecule has 0 unspecified atom stereocenters. The molecule has 3 aromatic rings. The standard InChI is InChI=1S/C25H28N6O2/c1-33-11-10-30-9-8-17-13-21(7-6-18(17)16-30)28-25-27-15-20-12-19(14-26)24(32)31(23(20)29-25)22-4-2-3-5-22/h6-7,12-13,15,22H,2-5,8-11,16H2,1H3,(H,27,28,29). The molecule has 1 aromatic carbocycles. The van der Waals surface area contributed by atoms with Crippen LogP contribution in [0.3, 0.4) is 0 Å². The number of ether oxygens (including phenoxy) is 1. The summed E-state index contributed by atoms with van der Waals surface area (Å²) in [6, 6.07) is 10.1. The number of aromatic nitrogens is 3. The average molecular weight is 445 g/mol. The highest BCUT2D eigenvalue weighted by atomic mass is 16.5. The van der Waals surface area contributed by atoms with Gasteiger partial charge in [0, 0.05) is 50.1 Å². The minimum absolute atomic E-state index is 0.0841. The summed E-state index contributed by atoms with van der Waals surface area (Å²) in [5.41, 5.74) is 4.08. The molecule has 1 aliphatic heterocycles. The molecule has 0 saturated heterocycles. The Morgan fingerprint density at radius 1 is 1.24 bits per heavy atom. The number of nitrogens with zero attached hydrogens (tertiary/aromatic N) is 5. The van der Waals surface area contributed by atoms with Crippen LogP contribution in [0.4, 0.5) is 11.6 Å². The van der Waals surface area contributed by atoms with Gasteiger partial charge in [-0.2, -0.15) is 10.2 Å². The van der Waals surface area contributed by atoms with E-state index in [1.807, 2.05) is 6.07 Å². The summed E-state index contributed by atoms with van der Waals surface area (Å²) in [7, 11) is 1.74. The summed E-state index contributed by atoms with van der Waals surface area (Å²) in [4.78, 5) is 24.6. The molecule has 1 saturated carbocycles. The molecule has 0 amide bonds. The minimum atomic E-state index is -0.256. The van der Waals surface area contributed by atoms with Crippen molar-refractivity contribution in [1.29, 1.82) is 5.26 Å². The van der Waals surface area contributed by atoms with Gasteiger partial charge in [0.2, 0.25) is 5.95 Å². The topological polar surface area (TPSA) is 96.1 Å². The lowest BCUT2D eigenvalue weighted by Gasteiger charge is -2.28. The van der Waals surface area contributed by atoms with Gasteiger partial charge in [0.05, 0.1) is 6.61 Å². The average Bonchev–Trinajstić information content (AvgIpc) is 3.36. The molecule has 170 valence electrons. The third kappa shape index (κ3) is 4.34. The predicted octanol–water partition coefficient (Wildman–Crippen LogP) is 3.53. The SMILES string of the molecule is COCCN1CCc2cc(Nc3ncc4cc(C#N)c(=O)n(C5CCCC5)c4n3)ccc2C1. The normalized spacial score (nSPS) is 16.6. The first kappa shape index (κ1) is 21.6. The van der Waals surface area contributed by atoms with Gasteiger partial charge in [-0.15, -0.1) is 0 Å². The van der Waals surface area contributed by atoms with E-state index in [9.17, 15) is 10.1 Å². The van der Waals surface area contributed by atoms with Gasteiger partial charge in [-0.3, -0.25) is 14.3 Å². The molecular weight excluding hydrogens is 416 g/mol. The molecule has 2 aromatic heterocycles. The van der Waals surface area contributed by atoms with Crippen molar-refractivity contribution >= 4 is 22.7 Å². The Labute approximate surface area is 192 Å². The van der Waals surface area contributed by atoms with Gasteiger partial charge in [0.25, 0.3) is 5.56 Å². The van der Waals surface area contributed by atoms with E-state index in [1.54, 1.807) is 23.9 Å². The molecule has 5 rings (SSSR count). The lowest BCUT2D eigenvalue weighted by molar-refractivity contribution is 0.141. The van der Waals surface area contributed by atoms with Crippen molar-refractivity contribution in [2.75, 3.05) is 32.1 Å². The first-order valence-electron chi connectivity index (χ1n) is 11.6. The number of methoxy groups -OCH3 is 1. The van der Waals surface area contributed by atoms with E-state index in [0.717, 1.165) is 64.0 Å². The summed E-state index contributed by atoms with van der Waals surface area (Å²) in [6.07, 6.45) is 6.73. The van der Waals surface area contributed by atoms with Crippen LogP contribution in [0, 0.1) is 11.3 Å². The van der Waals surface area contributed by atoms with Crippen LogP contribution in [0.5, 0.6) is 0 Å².